The fraction of sp³-hybridized carbons (Fsp3) is 0.0476. The van der Waals surface area contributed by atoms with Gasteiger partial charge in [0.2, 0.25) is 0 Å². The van der Waals surface area contributed by atoms with Crippen molar-refractivity contribution < 1.29 is 19.3 Å². The number of amides is 1. The van der Waals surface area contributed by atoms with Crippen LogP contribution in [0, 0.1) is 17.0 Å². The lowest BCUT2D eigenvalue weighted by molar-refractivity contribution is -0.384. The second kappa shape index (κ2) is 9.20. The van der Waals surface area contributed by atoms with E-state index < -0.39 is 16.8 Å². The van der Waals surface area contributed by atoms with Crippen LogP contribution in [0.5, 0.6) is 0 Å². The number of nitrogens with one attached hydrogen (secondary N) is 1. The van der Waals surface area contributed by atoms with Gasteiger partial charge >= 0.3 is 5.97 Å². The molecule has 3 rings (SSSR count). The molecule has 150 valence electrons. The van der Waals surface area contributed by atoms with Crippen molar-refractivity contribution >= 4 is 28.9 Å². The van der Waals surface area contributed by atoms with Crippen LogP contribution in [0.1, 0.15) is 26.3 Å². The number of hydrogen-bond acceptors (Lipinski definition) is 7. The molecule has 0 bridgehead atoms. The van der Waals surface area contributed by atoms with Crippen molar-refractivity contribution in [2.45, 2.75) is 6.92 Å². The van der Waals surface area contributed by atoms with Gasteiger partial charge in [0.15, 0.2) is 0 Å². The average Bonchev–Trinajstić information content (AvgIpc) is 2.76. The average molecular weight is 404 g/mol. The maximum atomic E-state index is 12.0. The number of carbonyl (C=O) groups is 2. The van der Waals surface area contributed by atoms with Crippen molar-refractivity contribution in [2.24, 2.45) is 10.2 Å². The molecule has 0 fully saturated rings. The predicted octanol–water partition coefficient (Wildman–Crippen LogP) is 5.01. The smallest absolute Gasteiger partial charge is 0.338 e. The first-order chi connectivity index (χ1) is 14.4. The molecule has 0 aliphatic heterocycles. The number of nitrogens with zero attached hydrogens (tertiary/aromatic N) is 3. The molecule has 1 N–H and O–H groups in total. The predicted molar refractivity (Wildman–Crippen MR) is 109 cm³/mol. The Kier molecular flexibility index (Phi) is 6.23. The van der Waals surface area contributed by atoms with Crippen molar-refractivity contribution in [1.29, 1.82) is 0 Å². The molecular formula is C21H16N4O5. The molecule has 0 unspecified atom stereocenters. The number of carbonyl (C=O) groups excluding carboxylic acids is 2. The van der Waals surface area contributed by atoms with Crippen molar-refractivity contribution in [2.75, 3.05) is 5.48 Å². The fourth-order valence-corrected chi connectivity index (χ4v) is 2.45. The van der Waals surface area contributed by atoms with E-state index in [0.717, 1.165) is 11.6 Å². The van der Waals surface area contributed by atoms with Gasteiger partial charge in [-0.1, -0.05) is 23.8 Å². The maximum absolute atomic E-state index is 12.0. The minimum atomic E-state index is -0.701. The van der Waals surface area contributed by atoms with Gasteiger partial charge in [0.05, 0.1) is 27.4 Å². The van der Waals surface area contributed by atoms with E-state index in [-0.39, 0.29) is 11.3 Å². The number of anilines is 1. The Balaban J connectivity index is 1.59. The monoisotopic (exact) mass is 404 g/mol. The minimum Gasteiger partial charge on any atom is -0.338 e. The lowest BCUT2D eigenvalue weighted by Crippen LogP contribution is -2.10. The molecule has 0 aliphatic rings. The number of azo groups is 1. The van der Waals surface area contributed by atoms with E-state index in [1.807, 2.05) is 13.0 Å². The maximum Gasteiger partial charge on any atom is 0.362 e. The Morgan fingerprint density at radius 2 is 1.67 bits per heavy atom. The second-order valence-corrected chi connectivity index (χ2v) is 6.22. The van der Waals surface area contributed by atoms with Gasteiger partial charge in [-0.2, -0.15) is 0 Å². The number of hydrogen-bond donors (Lipinski definition) is 1. The molecular weight excluding hydrogens is 388 g/mol. The van der Waals surface area contributed by atoms with Crippen LogP contribution in [-0.4, -0.2) is 16.8 Å². The Labute approximate surface area is 171 Å². The number of nitro benzene ring substituents is 1. The first-order valence-corrected chi connectivity index (χ1v) is 8.77. The largest absolute Gasteiger partial charge is 0.362 e. The zero-order valence-electron chi connectivity index (χ0n) is 15.8. The summed E-state index contributed by atoms with van der Waals surface area (Å²) in [6.45, 7) is 1.88. The molecule has 0 radical (unpaired) electrons. The summed E-state index contributed by atoms with van der Waals surface area (Å²) in [4.78, 5) is 39.3. The van der Waals surface area contributed by atoms with Crippen LogP contribution in [0.25, 0.3) is 0 Å². The highest BCUT2D eigenvalue weighted by molar-refractivity contribution is 5.95. The molecule has 0 saturated carbocycles. The fourth-order valence-electron chi connectivity index (χ4n) is 2.45. The first-order valence-electron chi connectivity index (χ1n) is 8.77. The molecule has 3 aromatic carbocycles. The molecule has 0 aliphatic carbocycles. The van der Waals surface area contributed by atoms with E-state index in [4.69, 9.17) is 4.84 Å². The van der Waals surface area contributed by atoms with Crippen LogP contribution in [0.2, 0.25) is 0 Å². The van der Waals surface area contributed by atoms with Crippen LogP contribution >= 0.6 is 0 Å². The molecule has 9 heteroatoms. The highest BCUT2D eigenvalue weighted by atomic mass is 16.7. The van der Waals surface area contributed by atoms with Gasteiger partial charge < -0.3 is 4.84 Å². The van der Waals surface area contributed by atoms with E-state index in [0.29, 0.717) is 16.9 Å². The summed E-state index contributed by atoms with van der Waals surface area (Å²) < 4.78 is 0. The van der Waals surface area contributed by atoms with Crippen LogP contribution in [0.3, 0.4) is 0 Å². The lowest BCUT2D eigenvalue weighted by Gasteiger charge is -2.07. The zero-order valence-corrected chi connectivity index (χ0v) is 15.8. The highest BCUT2D eigenvalue weighted by Gasteiger charge is 2.11. The third-order valence-corrected chi connectivity index (χ3v) is 3.94. The van der Waals surface area contributed by atoms with E-state index in [2.05, 4.69) is 15.7 Å². The standard InChI is InChI=1S/C21H16N4O5/c1-14-4-2-6-16(12-14)21(27)30-24-18-10-8-17(9-11-18)22-23-20(26)15-5-3-7-19(13-15)25(28)29/h2-13,24H,1H3. The Morgan fingerprint density at radius 3 is 2.37 bits per heavy atom. The summed E-state index contributed by atoms with van der Waals surface area (Å²) in [7, 11) is 0. The van der Waals surface area contributed by atoms with Crippen molar-refractivity contribution in [3.63, 3.8) is 0 Å². The van der Waals surface area contributed by atoms with Crippen LogP contribution in [-0.2, 0) is 4.84 Å². The van der Waals surface area contributed by atoms with Gasteiger partial charge in [0.25, 0.3) is 11.6 Å². The van der Waals surface area contributed by atoms with Gasteiger partial charge in [-0.25, -0.2) is 10.3 Å². The topological polar surface area (TPSA) is 123 Å². The lowest BCUT2D eigenvalue weighted by atomic mass is 10.1. The summed E-state index contributed by atoms with van der Waals surface area (Å²) in [5.41, 5.74) is 4.65. The molecule has 1 amide bonds. The van der Waals surface area contributed by atoms with Gasteiger partial charge in [0.1, 0.15) is 0 Å². The van der Waals surface area contributed by atoms with Crippen LogP contribution in [0.15, 0.2) is 83.0 Å². The number of aryl methyl sites for hydroxylation is 1. The molecule has 0 saturated heterocycles. The number of nitro groups is 1. The molecule has 0 heterocycles. The molecule has 9 nitrogen and oxygen atoms in total. The molecule has 0 atom stereocenters. The third kappa shape index (κ3) is 5.32. The Hall–Kier alpha value is -4.40. The van der Waals surface area contributed by atoms with E-state index in [1.165, 1.54) is 18.2 Å². The van der Waals surface area contributed by atoms with Crippen LogP contribution < -0.4 is 5.48 Å². The van der Waals surface area contributed by atoms with Gasteiger partial charge in [0, 0.05) is 12.1 Å². The summed E-state index contributed by atoms with van der Waals surface area (Å²) in [5.74, 6) is -1.22. The zero-order chi connectivity index (χ0) is 21.5. The quantitative estimate of drug-likeness (QED) is 0.350. The van der Waals surface area contributed by atoms with E-state index in [9.17, 15) is 19.7 Å². The third-order valence-electron chi connectivity index (χ3n) is 3.94. The molecule has 0 aromatic heterocycles. The van der Waals surface area contributed by atoms with Gasteiger partial charge in [-0.05, 0) is 49.4 Å². The first kappa shape index (κ1) is 20.3. The normalized spacial score (nSPS) is 10.6. The van der Waals surface area contributed by atoms with Crippen molar-refractivity contribution in [3.8, 4) is 0 Å². The van der Waals surface area contributed by atoms with Crippen molar-refractivity contribution in [3.05, 3.63) is 99.6 Å². The summed E-state index contributed by atoms with van der Waals surface area (Å²) in [6.07, 6.45) is 0. The summed E-state index contributed by atoms with van der Waals surface area (Å²) in [5, 5.41) is 18.2. The number of rotatable bonds is 6. The van der Waals surface area contributed by atoms with E-state index >= 15 is 0 Å². The minimum absolute atomic E-state index is 0.0642. The van der Waals surface area contributed by atoms with Crippen LogP contribution in [0.4, 0.5) is 17.1 Å². The second-order valence-electron chi connectivity index (χ2n) is 6.22. The van der Waals surface area contributed by atoms with Gasteiger partial charge in [-0.3, -0.25) is 14.9 Å². The van der Waals surface area contributed by atoms with Crippen molar-refractivity contribution in [1.82, 2.24) is 0 Å². The molecule has 0 spiro atoms. The molecule has 3 aromatic rings. The van der Waals surface area contributed by atoms with Gasteiger partial charge in [-0.15, -0.1) is 10.2 Å². The SMILES string of the molecule is Cc1cccc(C(=O)ONc2ccc(N=NC(=O)c3cccc([N+](=O)[O-])c3)cc2)c1. The summed E-state index contributed by atoms with van der Waals surface area (Å²) >= 11 is 0. The highest BCUT2D eigenvalue weighted by Crippen LogP contribution is 2.19. The number of benzene rings is 3. The van der Waals surface area contributed by atoms with E-state index in [1.54, 1.807) is 42.5 Å². The Bertz CT molecular complexity index is 1130. The summed E-state index contributed by atoms with van der Waals surface area (Å²) in [6, 6.07) is 18.6. The number of non-ortho nitro benzene ring substituents is 1. The molecule has 30 heavy (non-hydrogen) atoms. The Morgan fingerprint density at radius 1 is 0.967 bits per heavy atom.